The third-order valence-corrected chi connectivity index (χ3v) is 3.59. The second kappa shape index (κ2) is 3.45. The summed E-state index contributed by atoms with van der Waals surface area (Å²) < 4.78 is 5.85. The molecule has 0 saturated carbocycles. The van der Waals surface area contributed by atoms with Gasteiger partial charge in [0.25, 0.3) is 0 Å². The highest BCUT2D eigenvalue weighted by Gasteiger charge is 2.51. The van der Waals surface area contributed by atoms with Gasteiger partial charge in [0.15, 0.2) is 0 Å². The zero-order valence-electron chi connectivity index (χ0n) is 9.75. The molecular formula is C11H19NO2Si. The van der Waals surface area contributed by atoms with Crippen molar-refractivity contribution in [3.8, 4) is 0 Å². The lowest BCUT2D eigenvalue weighted by atomic mass is 9.78. The van der Waals surface area contributed by atoms with Crippen molar-refractivity contribution >= 4 is 14.2 Å². The van der Waals surface area contributed by atoms with Crippen LogP contribution < -0.4 is 0 Å². The monoisotopic (exact) mass is 225 g/mol. The van der Waals surface area contributed by atoms with Crippen LogP contribution in [0, 0.1) is 0 Å². The molecule has 0 radical (unpaired) electrons. The Morgan fingerprint density at radius 2 is 2.20 bits per heavy atom. The second-order valence-corrected chi connectivity index (χ2v) is 9.87. The van der Waals surface area contributed by atoms with Crippen LogP contribution >= 0.6 is 0 Å². The average Bonchev–Trinajstić information content (AvgIpc) is 2.15. The number of β-lactam (4-membered cyclic amide) rings is 1. The number of allylic oxidation sites excluding steroid dienone is 1. The van der Waals surface area contributed by atoms with Gasteiger partial charge in [-0.05, 0) is 38.9 Å². The maximum absolute atomic E-state index is 11.6. The molecule has 4 heteroatoms. The largest absolute Gasteiger partial charge is 0.317 e. The maximum Gasteiger partial charge on any atom is 0.248 e. The number of amides is 1. The molecule has 3 nitrogen and oxygen atoms in total. The van der Waals surface area contributed by atoms with Gasteiger partial charge in [-0.25, -0.2) is 5.06 Å². The van der Waals surface area contributed by atoms with Gasteiger partial charge in [-0.1, -0.05) is 12.2 Å². The van der Waals surface area contributed by atoms with Crippen LogP contribution in [0.3, 0.4) is 0 Å². The number of nitrogens with zero attached hydrogens (tertiary/aromatic N) is 1. The van der Waals surface area contributed by atoms with E-state index in [1.807, 2.05) is 0 Å². The van der Waals surface area contributed by atoms with Crippen LogP contribution in [-0.2, 0) is 9.32 Å². The number of hydrogen-bond donors (Lipinski definition) is 0. The Bertz CT molecular complexity index is 308. The molecule has 0 aromatic rings. The normalized spacial score (nSPS) is 30.9. The van der Waals surface area contributed by atoms with Crippen LogP contribution in [0.15, 0.2) is 12.2 Å². The number of carbonyl (C=O) groups excluding carboxylic acids is 1. The summed E-state index contributed by atoms with van der Waals surface area (Å²) in [5.41, 5.74) is -0.0877. The summed E-state index contributed by atoms with van der Waals surface area (Å²) in [6.07, 6.45) is 8.33. The van der Waals surface area contributed by atoms with Crippen LogP contribution in [0.1, 0.15) is 25.7 Å². The van der Waals surface area contributed by atoms with E-state index in [-0.39, 0.29) is 11.4 Å². The summed E-state index contributed by atoms with van der Waals surface area (Å²) >= 11 is 0. The van der Waals surface area contributed by atoms with Crippen molar-refractivity contribution in [3.05, 3.63) is 12.2 Å². The van der Waals surface area contributed by atoms with E-state index in [1.165, 1.54) is 0 Å². The third kappa shape index (κ3) is 2.01. The second-order valence-electron chi connectivity index (χ2n) is 5.47. The average molecular weight is 225 g/mol. The van der Waals surface area contributed by atoms with Crippen LogP contribution in [0.4, 0.5) is 0 Å². The van der Waals surface area contributed by atoms with Crippen molar-refractivity contribution in [1.29, 1.82) is 0 Å². The Kier molecular flexibility index (Phi) is 2.51. The summed E-state index contributed by atoms with van der Waals surface area (Å²) in [5, 5.41) is 1.65. The van der Waals surface area contributed by atoms with Gasteiger partial charge in [-0.2, -0.15) is 0 Å². The van der Waals surface area contributed by atoms with Gasteiger partial charge in [-0.3, -0.25) is 4.79 Å². The van der Waals surface area contributed by atoms with Gasteiger partial charge < -0.3 is 4.53 Å². The molecule has 1 fully saturated rings. The van der Waals surface area contributed by atoms with E-state index >= 15 is 0 Å². The van der Waals surface area contributed by atoms with Crippen LogP contribution in [0.25, 0.3) is 0 Å². The first-order chi connectivity index (χ1) is 6.93. The lowest BCUT2D eigenvalue weighted by Crippen LogP contribution is -2.65. The smallest absolute Gasteiger partial charge is 0.248 e. The highest BCUT2D eigenvalue weighted by atomic mass is 28.4. The highest BCUT2D eigenvalue weighted by Crippen LogP contribution is 2.41. The SMILES string of the molecule is C[Si](C)(C)ON1C(=O)CC12C=CCCC2. The Morgan fingerprint density at radius 1 is 1.47 bits per heavy atom. The van der Waals surface area contributed by atoms with Gasteiger partial charge in [0.2, 0.25) is 14.2 Å². The molecule has 1 atom stereocenters. The van der Waals surface area contributed by atoms with Crippen LogP contribution in [-0.4, -0.2) is 24.8 Å². The fraction of sp³-hybridized carbons (Fsp3) is 0.727. The summed E-state index contributed by atoms with van der Waals surface area (Å²) in [4.78, 5) is 11.6. The molecule has 2 rings (SSSR count). The summed E-state index contributed by atoms with van der Waals surface area (Å²) in [6.45, 7) is 6.33. The number of carbonyl (C=O) groups is 1. The molecule has 0 N–H and O–H groups in total. The molecule has 0 aromatic heterocycles. The molecule has 2 aliphatic rings. The van der Waals surface area contributed by atoms with Crippen molar-refractivity contribution in [2.45, 2.75) is 50.9 Å². The van der Waals surface area contributed by atoms with Crippen molar-refractivity contribution in [2.75, 3.05) is 0 Å². The predicted octanol–water partition coefficient (Wildman–Crippen LogP) is 2.46. The lowest BCUT2D eigenvalue weighted by Gasteiger charge is -2.52. The van der Waals surface area contributed by atoms with Gasteiger partial charge >= 0.3 is 0 Å². The highest BCUT2D eigenvalue weighted by molar-refractivity contribution is 6.69. The van der Waals surface area contributed by atoms with E-state index < -0.39 is 8.32 Å². The lowest BCUT2D eigenvalue weighted by molar-refractivity contribution is -0.211. The zero-order chi connectivity index (χ0) is 11.1. The molecule has 0 aromatic carbocycles. The molecule has 1 aliphatic carbocycles. The van der Waals surface area contributed by atoms with Gasteiger partial charge in [0, 0.05) is 0 Å². The maximum atomic E-state index is 11.6. The zero-order valence-corrected chi connectivity index (χ0v) is 10.7. The molecule has 1 aliphatic heterocycles. The minimum atomic E-state index is -1.67. The molecule has 0 bridgehead atoms. The Hall–Kier alpha value is -0.613. The van der Waals surface area contributed by atoms with E-state index in [2.05, 4.69) is 31.8 Å². The number of rotatable bonds is 2. The fourth-order valence-electron chi connectivity index (χ4n) is 2.21. The first kappa shape index (κ1) is 10.9. The molecular weight excluding hydrogens is 206 g/mol. The van der Waals surface area contributed by atoms with Crippen molar-refractivity contribution in [3.63, 3.8) is 0 Å². The summed E-state index contributed by atoms with van der Waals surface area (Å²) in [7, 11) is -1.67. The van der Waals surface area contributed by atoms with E-state index in [0.29, 0.717) is 6.42 Å². The van der Waals surface area contributed by atoms with Crippen molar-refractivity contribution < 1.29 is 9.32 Å². The minimum absolute atomic E-state index is 0.0877. The molecule has 15 heavy (non-hydrogen) atoms. The van der Waals surface area contributed by atoms with Crippen molar-refractivity contribution in [1.82, 2.24) is 5.06 Å². The van der Waals surface area contributed by atoms with E-state index in [0.717, 1.165) is 19.3 Å². The van der Waals surface area contributed by atoms with Gasteiger partial charge in [-0.15, -0.1) is 0 Å². The van der Waals surface area contributed by atoms with E-state index in [1.54, 1.807) is 5.06 Å². The molecule has 84 valence electrons. The number of hydrogen-bond acceptors (Lipinski definition) is 2. The van der Waals surface area contributed by atoms with Gasteiger partial charge in [0.05, 0.1) is 12.0 Å². The van der Waals surface area contributed by atoms with Crippen LogP contribution in [0.5, 0.6) is 0 Å². The quantitative estimate of drug-likeness (QED) is 0.410. The third-order valence-electron chi connectivity index (χ3n) is 2.86. The Labute approximate surface area is 92.2 Å². The van der Waals surface area contributed by atoms with Crippen molar-refractivity contribution in [2.24, 2.45) is 0 Å². The summed E-state index contributed by atoms with van der Waals surface area (Å²) in [5.74, 6) is 0.143. The van der Waals surface area contributed by atoms with Crippen LogP contribution in [0.2, 0.25) is 19.6 Å². The molecule has 1 amide bonds. The molecule has 1 unspecified atom stereocenters. The van der Waals surface area contributed by atoms with E-state index in [4.69, 9.17) is 4.53 Å². The number of hydroxylamine groups is 2. The fourth-order valence-corrected chi connectivity index (χ4v) is 3.04. The summed E-state index contributed by atoms with van der Waals surface area (Å²) in [6, 6.07) is 0. The minimum Gasteiger partial charge on any atom is -0.317 e. The first-order valence-corrected chi connectivity index (χ1v) is 9.04. The topological polar surface area (TPSA) is 29.5 Å². The standard InChI is InChI=1S/C11H19NO2Si/c1-15(2,3)14-12-10(13)9-11(12)7-5-4-6-8-11/h5,7H,4,6,8-9H2,1-3H3. The Balaban J connectivity index is 2.12. The Morgan fingerprint density at radius 3 is 2.67 bits per heavy atom. The molecule has 1 spiro atoms. The first-order valence-electron chi connectivity index (χ1n) is 5.63. The van der Waals surface area contributed by atoms with Gasteiger partial charge in [0.1, 0.15) is 0 Å². The van der Waals surface area contributed by atoms with E-state index in [9.17, 15) is 4.79 Å². The molecule has 1 heterocycles. The molecule has 1 saturated heterocycles. The predicted molar refractivity (Wildman–Crippen MR) is 61.6 cm³/mol.